The van der Waals surface area contributed by atoms with E-state index in [0.717, 1.165) is 36.1 Å². The van der Waals surface area contributed by atoms with Crippen molar-refractivity contribution < 1.29 is 24.2 Å². The highest BCUT2D eigenvalue weighted by Gasteiger charge is 2.46. The molecule has 2 aromatic carbocycles. The number of aliphatic hydroxyl groups excluding tert-OH is 1. The predicted molar refractivity (Wildman–Crippen MR) is 143 cm³/mol. The number of imidazole rings is 1. The highest BCUT2D eigenvalue weighted by atomic mass is 16.5. The first-order valence-corrected chi connectivity index (χ1v) is 13.2. The average molecular weight is 516 g/mol. The van der Waals surface area contributed by atoms with E-state index in [-0.39, 0.29) is 17.4 Å². The molecule has 1 fully saturated rings. The van der Waals surface area contributed by atoms with Gasteiger partial charge < -0.3 is 24.0 Å². The van der Waals surface area contributed by atoms with E-state index in [4.69, 9.17) is 9.47 Å². The van der Waals surface area contributed by atoms with Gasteiger partial charge in [-0.2, -0.15) is 0 Å². The normalized spacial score (nSPS) is 20.0. The maximum absolute atomic E-state index is 13.4. The molecule has 2 aliphatic rings. The number of nitrogens with zero attached hydrogens (tertiary/aromatic N) is 3. The lowest BCUT2D eigenvalue weighted by Crippen LogP contribution is -2.31. The first-order chi connectivity index (χ1) is 18.5. The molecule has 0 aliphatic carbocycles. The molecule has 0 unspecified atom stereocenters. The standard InChI is InChI=1S/C30H33N3O5/c1-3-4-15-37-24-8-5-7-21(18-24)27-26(28(34)22-9-10-25-23(17-22)16-20(2)38-25)29(35)30(36)33(27)13-6-12-32-14-11-31-19-32/h5,7-11,14,17-20,27,34H,3-4,6,12-13,15-16H2,1-2H3/t20-,27+/m0/s1. The second-order valence-electron chi connectivity index (χ2n) is 9.88. The molecule has 3 heterocycles. The molecule has 8 nitrogen and oxygen atoms in total. The molecule has 5 rings (SSSR count). The average Bonchev–Trinajstić information content (AvgIpc) is 3.62. The van der Waals surface area contributed by atoms with Crippen LogP contribution in [0.5, 0.6) is 11.5 Å². The van der Waals surface area contributed by atoms with Crippen molar-refractivity contribution in [3.63, 3.8) is 0 Å². The van der Waals surface area contributed by atoms with Gasteiger partial charge in [0.1, 0.15) is 23.4 Å². The SMILES string of the molecule is CCCCOc1cccc([C@@H]2C(=C(O)c3ccc4c(c3)C[C@H](C)O4)C(=O)C(=O)N2CCCn2ccnc2)c1. The van der Waals surface area contributed by atoms with Crippen LogP contribution >= 0.6 is 0 Å². The fourth-order valence-corrected chi connectivity index (χ4v) is 5.13. The zero-order valence-corrected chi connectivity index (χ0v) is 21.8. The molecule has 8 heteroatoms. The number of aryl methyl sites for hydroxylation is 1. The Morgan fingerprint density at radius 1 is 1.16 bits per heavy atom. The monoisotopic (exact) mass is 515 g/mol. The summed E-state index contributed by atoms with van der Waals surface area (Å²) in [5.41, 5.74) is 2.29. The summed E-state index contributed by atoms with van der Waals surface area (Å²) in [5.74, 6) is -0.0219. The molecule has 1 saturated heterocycles. The number of ether oxygens (including phenoxy) is 2. The summed E-state index contributed by atoms with van der Waals surface area (Å²) in [6, 6.07) is 12.1. The lowest BCUT2D eigenvalue weighted by Gasteiger charge is -2.26. The number of carbonyl (C=O) groups excluding carboxylic acids is 2. The Morgan fingerprint density at radius 2 is 2.03 bits per heavy atom. The Bertz CT molecular complexity index is 1350. The number of ketones is 1. The number of benzene rings is 2. The third kappa shape index (κ3) is 5.16. The van der Waals surface area contributed by atoms with E-state index in [1.54, 1.807) is 23.5 Å². The number of amides is 1. The molecule has 0 saturated carbocycles. The molecule has 1 N–H and O–H groups in total. The summed E-state index contributed by atoms with van der Waals surface area (Å²) in [5, 5.41) is 11.5. The van der Waals surface area contributed by atoms with E-state index in [2.05, 4.69) is 11.9 Å². The van der Waals surface area contributed by atoms with Crippen LogP contribution in [0.4, 0.5) is 0 Å². The van der Waals surface area contributed by atoms with Crippen LogP contribution in [0.2, 0.25) is 0 Å². The summed E-state index contributed by atoms with van der Waals surface area (Å²) in [4.78, 5) is 32.4. The molecule has 0 radical (unpaired) electrons. The van der Waals surface area contributed by atoms with Gasteiger partial charge in [-0.1, -0.05) is 25.5 Å². The van der Waals surface area contributed by atoms with Crippen LogP contribution in [-0.4, -0.2) is 50.5 Å². The topological polar surface area (TPSA) is 93.9 Å². The van der Waals surface area contributed by atoms with Crippen LogP contribution < -0.4 is 9.47 Å². The van der Waals surface area contributed by atoms with Crippen LogP contribution in [0.3, 0.4) is 0 Å². The first-order valence-electron chi connectivity index (χ1n) is 13.2. The van der Waals surface area contributed by atoms with E-state index in [1.165, 1.54) is 0 Å². The van der Waals surface area contributed by atoms with Crippen LogP contribution in [0, 0.1) is 0 Å². The molecule has 38 heavy (non-hydrogen) atoms. The Kier molecular flexibility index (Phi) is 7.49. The zero-order valence-electron chi connectivity index (χ0n) is 21.8. The van der Waals surface area contributed by atoms with Gasteiger partial charge in [0.2, 0.25) is 0 Å². The van der Waals surface area contributed by atoms with Crippen molar-refractivity contribution in [3.05, 3.63) is 83.4 Å². The second-order valence-corrected chi connectivity index (χ2v) is 9.88. The Hall–Kier alpha value is -4.07. The number of aromatic nitrogens is 2. The molecule has 1 amide bonds. The quantitative estimate of drug-likeness (QED) is 0.179. The third-order valence-electron chi connectivity index (χ3n) is 7.02. The highest BCUT2D eigenvalue weighted by molar-refractivity contribution is 6.46. The minimum atomic E-state index is -0.726. The lowest BCUT2D eigenvalue weighted by atomic mass is 9.94. The van der Waals surface area contributed by atoms with Crippen molar-refractivity contribution in [2.45, 2.75) is 58.2 Å². The molecular formula is C30H33N3O5. The lowest BCUT2D eigenvalue weighted by molar-refractivity contribution is -0.139. The van der Waals surface area contributed by atoms with E-state index >= 15 is 0 Å². The Balaban J connectivity index is 1.51. The zero-order chi connectivity index (χ0) is 26.6. The largest absolute Gasteiger partial charge is 0.507 e. The van der Waals surface area contributed by atoms with Gasteiger partial charge in [0.15, 0.2) is 0 Å². The van der Waals surface area contributed by atoms with Crippen molar-refractivity contribution in [1.82, 2.24) is 14.5 Å². The van der Waals surface area contributed by atoms with Gasteiger partial charge in [0, 0.05) is 37.5 Å². The van der Waals surface area contributed by atoms with E-state index in [0.29, 0.717) is 37.4 Å². The molecule has 1 aromatic heterocycles. The fraction of sp³-hybridized carbons (Fsp3) is 0.367. The minimum Gasteiger partial charge on any atom is -0.507 e. The molecule has 2 aliphatic heterocycles. The van der Waals surface area contributed by atoms with Crippen LogP contribution in [0.15, 0.2) is 66.8 Å². The minimum absolute atomic E-state index is 0.0546. The summed E-state index contributed by atoms with van der Waals surface area (Å²) in [6.45, 7) is 5.67. The fourth-order valence-electron chi connectivity index (χ4n) is 5.13. The van der Waals surface area contributed by atoms with Gasteiger partial charge in [-0.05, 0) is 61.2 Å². The van der Waals surface area contributed by atoms with Gasteiger partial charge in [-0.15, -0.1) is 0 Å². The predicted octanol–water partition coefficient (Wildman–Crippen LogP) is 4.90. The maximum Gasteiger partial charge on any atom is 0.295 e. The Morgan fingerprint density at radius 3 is 2.82 bits per heavy atom. The summed E-state index contributed by atoms with van der Waals surface area (Å²) < 4.78 is 13.6. The van der Waals surface area contributed by atoms with Crippen LogP contribution in [0.25, 0.3) is 5.76 Å². The van der Waals surface area contributed by atoms with Crippen molar-refractivity contribution in [2.75, 3.05) is 13.2 Å². The van der Waals surface area contributed by atoms with Crippen molar-refractivity contribution in [2.24, 2.45) is 0 Å². The smallest absolute Gasteiger partial charge is 0.295 e. The number of hydrogen-bond acceptors (Lipinski definition) is 6. The molecule has 3 aromatic rings. The second kappa shape index (κ2) is 11.1. The number of Topliss-reactive ketones (excluding diaryl/α,β-unsaturated/α-hetero) is 1. The highest BCUT2D eigenvalue weighted by Crippen LogP contribution is 2.41. The molecule has 2 atom stereocenters. The number of carbonyl (C=O) groups is 2. The third-order valence-corrected chi connectivity index (χ3v) is 7.02. The first kappa shape index (κ1) is 25.6. The number of likely N-dealkylation sites (tertiary alicyclic amines) is 1. The van der Waals surface area contributed by atoms with Gasteiger partial charge in [0.05, 0.1) is 24.5 Å². The van der Waals surface area contributed by atoms with Gasteiger partial charge in [-0.25, -0.2) is 4.98 Å². The van der Waals surface area contributed by atoms with Crippen molar-refractivity contribution >= 4 is 17.4 Å². The van der Waals surface area contributed by atoms with E-state index in [9.17, 15) is 14.7 Å². The number of unbranched alkanes of at least 4 members (excludes halogenated alkanes) is 1. The van der Waals surface area contributed by atoms with Gasteiger partial charge in [-0.3, -0.25) is 9.59 Å². The van der Waals surface area contributed by atoms with E-state index in [1.807, 2.05) is 54.1 Å². The van der Waals surface area contributed by atoms with Gasteiger partial charge in [0.25, 0.3) is 11.7 Å². The maximum atomic E-state index is 13.4. The number of hydrogen-bond donors (Lipinski definition) is 1. The van der Waals surface area contributed by atoms with Crippen LogP contribution in [0.1, 0.15) is 55.8 Å². The summed E-state index contributed by atoms with van der Waals surface area (Å²) in [7, 11) is 0. The van der Waals surface area contributed by atoms with Crippen molar-refractivity contribution in [1.29, 1.82) is 0 Å². The number of rotatable bonds is 10. The van der Waals surface area contributed by atoms with Crippen LogP contribution in [-0.2, 0) is 22.6 Å². The van der Waals surface area contributed by atoms with Crippen molar-refractivity contribution in [3.8, 4) is 11.5 Å². The molecule has 198 valence electrons. The summed E-state index contributed by atoms with van der Waals surface area (Å²) >= 11 is 0. The van der Waals surface area contributed by atoms with Gasteiger partial charge >= 0.3 is 0 Å². The van der Waals surface area contributed by atoms with E-state index < -0.39 is 17.7 Å². The Labute approximate surface area is 222 Å². The molecular weight excluding hydrogens is 482 g/mol. The number of aliphatic hydroxyl groups is 1. The molecule has 0 bridgehead atoms. The summed E-state index contributed by atoms with van der Waals surface area (Å²) in [6.07, 6.45) is 8.64. The number of fused-ring (bicyclic) bond motifs is 1. The molecule has 0 spiro atoms.